The summed E-state index contributed by atoms with van der Waals surface area (Å²) in [5.41, 5.74) is 17.8. The van der Waals surface area contributed by atoms with Crippen LogP contribution in [0.5, 0.6) is 23.0 Å². The van der Waals surface area contributed by atoms with Gasteiger partial charge in [0, 0.05) is 55.9 Å². The lowest BCUT2D eigenvalue weighted by molar-refractivity contribution is 0.436. The Morgan fingerprint density at radius 1 is 0.303 bits per heavy atom. The number of anilines is 3. The van der Waals surface area contributed by atoms with Gasteiger partial charge < -0.3 is 18.8 Å². The molecule has 0 radical (unpaired) electrons. The highest BCUT2D eigenvalue weighted by molar-refractivity contribution is 6.08. The molecule has 2 aliphatic carbocycles. The monoisotopic (exact) mass is 843 g/mol. The fraction of sp³-hybridized carbons (Fsp3) is 0.0323. The van der Waals surface area contributed by atoms with Crippen LogP contribution in [-0.4, -0.2) is 0 Å². The predicted molar refractivity (Wildman–Crippen MR) is 263 cm³/mol. The molecule has 1 aromatic heterocycles. The normalized spacial score (nSPS) is 14.5. The minimum Gasteiger partial charge on any atom is -0.457 e. The number of ether oxygens (including phenoxy) is 2. The molecule has 15 rings (SSSR count). The molecule has 2 spiro atoms. The van der Waals surface area contributed by atoms with Crippen LogP contribution in [0.1, 0.15) is 44.5 Å². The van der Waals surface area contributed by atoms with Crippen molar-refractivity contribution in [1.29, 1.82) is 0 Å². The van der Waals surface area contributed by atoms with Gasteiger partial charge in [-0.15, -0.1) is 0 Å². The summed E-state index contributed by atoms with van der Waals surface area (Å²) in [4.78, 5) is 2.50. The molecule has 2 aliphatic heterocycles. The largest absolute Gasteiger partial charge is 0.457 e. The lowest BCUT2D eigenvalue weighted by atomic mass is 9.66. The summed E-state index contributed by atoms with van der Waals surface area (Å²) in [6, 6.07) is 81.2. The van der Waals surface area contributed by atoms with E-state index in [1.165, 1.54) is 44.5 Å². The maximum absolute atomic E-state index is 6.74. The van der Waals surface area contributed by atoms with Crippen LogP contribution >= 0.6 is 0 Å². The van der Waals surface area contributed by atoms with Crippen molar-refractivity contribution < 1.29 is 13.9 Å². The zero-order chi connectivity index (χ0) is 43.1. The summed E-state index contributed by atoms with van der Waals surface area (Å²) in [6.07, 6.45) is 0. The Morgan fingerprint density at radius 2 is 0.697 bits per heavy atom. The molecule has 11 aromatic rings. The van der Waals surface area contributed by atoms with Crippen molar-refractivity contribution in [2.45, 2.75) is 10.8 Å². The number of fused-ring (bicyclic) bond motifs is 21. The van der Waals surface area contributed by atoms with Crippen molar-refractivity contribution in [3.8, 4) is 45.3 Å². The highest BCUT2D eigenvalue weighted by Crippen LogP contribution is 2.67. The van der Waals surface area contributed by atoms with Gasteiger partial charge in [-0.3, -0.25) is 0 Å². The summed E-state index contributed by atoms with van der Waals surface area (Å²) >= 11 is 0. The first-order valence-corrected chi connectivity index (χ1v) is 22.7. The average Bonchev–Trinajstić information content (AvgIpc) is 4.00. The molecule has 0 unspecified atom stereocenters. The van der Waals surface area contributed by atoms with E-state index in [1.807, 2.05) is 6.07 Å². The summed E-state index contributed by atoms with van der Waals surface area (Å²) in [5.74, 6) is 3.49. The molecule has 0 N–H and O–H groups in total. The van der Waals surface area contributed by atoms with Crippen LogP contribution in [-0.2, 0) is 10.8 Å². The Bertz CT molecular complexity index is 3590. The molecule has 0 saturated carbocycles. The maximum Gasteiger partial charge on any atom is 0.137 e. The van der Waals surface area contributed by atoms with E-state index in [2.05, 4.69) is 223 Å². The van der Waals surface area contributed by atoms with E-state index in [4.69, 9.17) is 13.9 Å². The Hall–Kier alpha value is -8.60. The summed E-state index contributed by atoms with van der Waals surface area (Å²) < 4.78 is 20.2. The first kappa shape index (κ1) is 35.8. The zero-order valence-electron chi connectivity index (χ0n) is 35.5. The number of para-hydroxylation sites is 5. The van der Waals surface area contributed by atoms with Gasteiger partial charge in [0.2, 0.25) is 0 Å². The summed E-state index contributed by atoms with van der Waals surface area (Å²) in [5, 5.41) is 2.19. The number of rotatable bonds is 3. The van der Waals surface area contributed by atoms with Gasteiger partial charge in [0.1, 0.15) is 34.2 Å². The first-order chi connectivity index (χ1) is 32.7. The minimum atomic E-state index is -0.632. The highest BCUT2D eigenvalue weighted by Gasteiger charge is 2.54. The standard InChI is InChI=1S/C62H37NO3/c1-4-20-43-41(18-1)59-49(61(43)45-22-6-11-31-54(45)65-55-32-12-7-23-46(55)61)26-15-28-51(59)63(38-35-36-40-39-17-3-10-30-53(39)64-58(40)37-38)52-29-16-27-50-60(52)42-19-2-5-21-44(42)62(50)47-24-8-13-33-56(47)66-57-34-14-9-25-48(57)62/h1-37H. The molecular weight excluding hydrogens is 807 g/mol. The molecule has 10 aromatic carbocycles. The first-order valence-electron chi connectivity index (χ1n) is 22.7. The zero-order valence-corrected chi connectivity index (χ0v) is 35.5. The van der Waals surface area contributed by atoms with Crippen LogP contribution < -0.4 is 14.4 Å². The van der Waals surface area contributed by atoms with Gasteiger partial charge in [0.25, 0.3) is 0 Å². The SMILES string of the molecule is c1ccc2c(c1)Oc1ccccc1C21c2ccccc2-c2c(N(c3ccc4c(c3)oc3ccccc34)c3cccc4c3-c3ccccc3C43c4ccccc4Oc4ccccc43)cccc21. The average molecular weight is 844 g/mol. The van der Waals surface area contributed by atoms with Gasteiger partial charge in [-0.1, -0.05) is 164 Å². The molecule has 0 saturated heterocycles. The second-order valence-corrected chi connectivity index (χ2v) is 17.8. The van der Waals surface area contributed by atoms with E-state index in [9.17, 15) is 0 Å². The second-order valence-electron chi connectivity index (χ2n) is 17.8. The highest BCUT2D eigenvalue weighted by atomic mass is 16.5. The van der Waals surface area contributed by atoms with Gasteiger partial charge in [-0.25, -0.2) is 0 Å². The molecule has 66 heavy (non-hydrogen) atoms. The van der Waals surface area contributed by atoms with E-state index >= 15 is 0 Å². The number of hydrogen-bond acceptors (Lipinski definition) is 4. The Labute approximate surface area is 381 Å². The second kappa shape index (κ2) is 13.0. The molecule has 4 heteroatoms. The quantitative estimate of drug-likeness (QED) is 0.177. The van der Waals surface area contributed by atoms with E-state index < -0.39 is 10.8 Å². The van der Waals surface area contributed by atoms with Crippen LogP contribution in [0.2, 0.25) is 0 Å². The smallest absolute Gasteiger partial charge is 0.137 e. The van der Waals surface area contributed by atoms with Gasteiger partial charge in [0.05, 0.1) is 22.2 Å². The van der Waals surface area contributed by atoms with Crippen molar-refractivity contribution >= 4 is 39.0 Å². The molecule has 0 fully saturated rings. The van der Waals surface area contributed by atoms with E-state index in [1.54, 1.807) is 0 Å². The third-order valence-corrected chi connectivity index (χ3v) is 14.8. The van der Waals surface area contributed by atoms with Crippen LogP contribution in [0.3, 0.4) is 0 Å². The Morgan fingerprint density at radius 3 is 1.20 bits per heavy atom. The van der Waals surface area contributed by atoms with Crippen molar-refractivity contribution in [1.82, 2.24) is 0 Å². The number of benzene rings is 10. The number of hydrogen-bond donors (Lipinski definition) is 0. The number of furan rings is 1. The lowest BCUT2D eigenvalue weighted by Crippen LogP contribution is -2.32. The Balaban J connectivity index is 1.07. The molecule has 3 heterocycles. The number of nitrogens with zero attached hydrogens (tertiary/aromatic N) is 1. The molecule has 4 aliphatic rings. The summed E-state index contributed by atoms with van der Waals surface area (Å²) in [7, 11) is 0. The predicted octanol–water partition coefficient (Wildman–Crippen LogP) is 16.0. The topological polar surface area (TPSA) is 34.8 Å². The van der Waals surface area contributed by atoms with Crippen molar-refractivity contribution in [2.75, 3.05) is 4.90 Å². The van der Waals surface area contributed by atoms with Gasteiger partial charge >= 0.3 is 0 Å². The van der Waals surface area contributed by atoms with E-state index in [-0.39, 0.29) is 0 Å². The fourth-order valence-corrected chi connectivity index (χ4v) is 12.4. The third-order valence-electron chi connectivity index (χ3n) is 14.8. The van der Waals surface area contributed by atoms with E-state index in [0.29, 0.717) is 0 Å². The maximum atomic E-state index is 6.74. The van der Waals surface area contributed by atoms with Crippen molar-refractivity contribution in [3.05, 3.63) is 269 Å². The van der Waals surface area contributed by atoms with Crippen LogP contribution in [0.15, 0.2) is 229 Å². The summed E-state index contributed by atoms with van der Waals surface area (Å²) in [6.45, 7) is 0. The molecular formula is C62H37NO3. The van der Waals surface area contributed by atoms with E-state index in [0.717, 1.165) is 84.3 Å². The van der Waals surface area contributed by atoms with Gasteiger partial charge in [0.15, 0.2) is 0 Å². The Kier molecular flexibility index (Phi) is 7.05. The van der Waals surface area contributed by atoms with Crippen LogP contribution in [0, 0.1) is 0 Å². The van der Waals surface area contributed by atoms with Gasteiger partial charge in [-0.2, -0.15) is 0 Å². The molecule has 4 nitrogen and oxygen atoms in total. The van der Waals surface area contributed by atoms with Crippen molar-refractivity contribution in [3.63, 3.8) is 0 Å². The molecule has 0 bridgehead atoms. The minimum absolute atomic E-state index is 0.632. The fourth-order valence-electron chi connectivity index (χ4n) is 12.4. The van der Waals surface area contributed by atoms with Gasteiger partial charge in [-0.05, 0) is 88.0 Å². The third kappa shape index (κ3) is 4.38. The van der Waals surface area contributed by atoms with Crippen molar-refractivity contribution in [2.24, 2.45) is 0 Å². The van der Waals surface area contributed by atoms with Crippen LogP contribution in [0.25, 0.3) is 44.2 Å². The molecule has 0 amide bonds. The lowest BCUT2D eigenvalue weighted by Gasteiger charge is -2.40. The molecule has 308 valence electrons. The van der Waals surface area contributed by atoms with Crippen LogP contribution in [0.4, 0.5) is 17.1 Å². The molecule has 0 atom stereocenters.